The van der Waals surface area contributed by atoms with Gasteiger partial charge in [-0.1, -0.05) is 11.6 Å². The van der Waals surface area contributed by atoms with Crippen molar-refractivity contribution in [1.29, 1.82) is 0 Å². The Morgan fingerprint density at radius 1 is 1.20 bits per heavy atom. The molecular weight excluding hydrogens is 380 g/mol. The zero-order valence-corrected chi connectivity index (χ0v) is 17.6. The molecule has 30 heavy (non-hydrogen) atoms. The normalized spacial score (nSPS) is 42.2. The van der Waals surface area contributed by atoms with Crippen LogP contribution >= 0.6 is 0 Å². The number of carbonyl (C=O) groups excluding carboxylic acids is 1. The van der Waals surface area contributed by atoms with E-state index in [0.717, 1.165) is 44.0 Å². The third-order valence-corrected chi connectivity index (χ3v) is 9.02. The van der Waals surface area contributed by atoms with Crippen molar-refractivity contribution in [3.8, 4) is 11.5 Å². The van der Waals surface area contributed by atoms with Gasteiger partial charge in [-0.25, -0.2) is 0 Å². The molecule has 4 fully saturated rings. The Morgan fingerprint density at radius 2 is 2.03 bits per heavy atom. The maximum Gasteiger partial charge on any atom is 0.229 e. The SMILES string of the molecule is COc1cc2c(cc1OC)[C@@]13CCN4C/C5=C/CCOC6CC(=O)N2C1C6C5CC43. The molecule has 1 spiro atoms. The summed E-state index contributed by atoms with van der Waals surface area (Å²) in [7, 11) is 3.37. The first-order valence-corrected chi connectivity index (χ1v) is 11.3. The van der Waals surface area contributed by atoms with Gasteiger partial charge in [0.1, 0.15) is 0 Å². The molecule has 5 unspecified atom stereocenters. The van der Waals surface area contributed by atoms with Crippen molar-refractivity contribution in [1.82, 2.24) is 4.90 Å². The largest absolute Gasteiger partial charge is 0.493 e. The van der Waals surface area contributed by atoms with Gasteiger partial charge in [-0.2, -0.15) is 0 Å². The minimum Gasteiger partial charge on any atom is -0.493 e. The molecule has 158 valence electrons. The van der Waals surface area contributed by atoms with Crippen molar-refractivity contribution in [2.75, 3.05) is 38.8 Å². The summed E-state index contributed by atoms with van der Waals surface area (Å²) in [6, 6.07) is 4.88. The Morgan fingerprint density at radius 3 is 2.87 bits per heavy atom. The van der Waals surface area contributed by atoms with Crippen LogP contribution in [0.25, 0.3) is 0 Å². The van der Waals surface area contributed by atoms with Gasteiger partial charge in [0.15, 0.2) is 11.5 Å². The number of piperidine rings is 2. The fraction of sp³-hybridized carbons (Fsp3) is 0.625. The van der Waals surface area contributed by atoms with Crippen LogP contribution in [0.5, 0.6) is 11.5 Å². The number of anilines is 1. The summed E-state index contributed by atoms with van der Waals surface area (Å²) in [4.78, 5) is 18.4. The second-order valence-corrected chi connectivity index (χ2v) is 9.81. The fourth-order valence-electron chi connectivity index (χ4n) is 8.06. The molecule has 6 aliphatic rings. The average Bonchev–Trinajstić information content (AvgIpc) is 3.28. The number of benzene rings is 1. The summed E-state index contributed by atoms with van der Waals surface area (Å²) in [6.45, 7) is 2.91. The van der Waals surface area contributed by atoms with E-state index in [9.17, 15) is 4.79 Å². The van der Waals surface area contributed by atoms with Crippen LogP contribution in [0.4, 0.5) is 5.69 Å². The molecule has 0 N–H and O–H groups in total. The molecule has 6 atom stereocenters. The van der Waals surface area contributed by atoms with Crippen molar-refractivity contribution >= 4 is 11.6 Å². The van der Waals surface area contributed by atoms with Crippen LogP contribution in [-0.4, -0.2) is 62.9 Å². The topological polar surface area (TPSA) is 51.2 Å². The number of rotatable bonds is 2. The molecule has 7 rings (SSSR count). The zero-order chi connectivity index (χ0) is 20.2. The quantitative estimate of drug-likeness (QED) is 0.704. The Hall–Kier alpha value is -2.05. The van der Waals surface area contributed by atoms with Crippen molar-refractivity contribution in [3.63, 3.8) is 0 Å². The number of fused-ring (bicyclic) bond motifs is 2. The minimum atomic E-state index is -0.0293. The molecule has 1 saturated carbocycles. The Balaban J connectivity index is 1.51. The molecule has 5 heterocycles. The van der Waals surface area contributed by atoms with Crippen molar-refractivity contribution in [2.45, 2.75) is 49.3 Å². The van der Waals surface area contributed by atoms with E-state index in [0.29, 0.717) is 30.0 Å². The van der Waals surface area contributed by atoms with Crippen LogP contribution < -0.4 is 14.4 Å². The maximum atomic E-state index is 13.5. The first-order valence-electron chi connectivity index (χ1n) is 11.3. The fourth-order valence-corrected chi connectivity index (χ4v) is 8.06. The molecule has 6 nitrogen and oxygen atoms in total. The molecule has 1 aromatic carbocycles. The van der Waals surface area contributed by atoms with Crippen LogP contribution in [0.2, 0.25) is 0 Å². The van der Waals surface area contributed by atoms with E-state index in [1.165, 1.54) is 12.0 Å². The van der Waals surface area contributed by atoms with E-state index >= 15 is 0 Å². The molecule has 1 aromatic rings. The number of hydrogen-bond donors (Lipinski definition) is 0. The number of methoxy groups -OCH3 is 2. The van der Waals surface area contributed by atoms with Gasteiger partial charge in [0.25, 0.3) is 0 Å². The summed E-state index contributed by atoms with van der Waals surface area (Å²) in [5.41, 5.74) is 3.90. The summed E-state index contributed by atoms with van der Waals surface area (Å²) < 4.78 is 17.7. The lowest BCUT2D eigenvalue weighted by atomic mass is 9.53. The lowest BCUT2D eigenvalue weighted by Gasteiger charge is -2.59. The number of hydrogen-bond acceptors (Lipinski definition) is 5. The van der Waals surface area contributed by atoms with E-state index in [1.54, 1.807) is 19.8 Å². The highest BCUT2D eigenvalue weighted by Gasteiger charge is 2.71. The second kappa shape index (κ2) is 5.80. The molecule has 0 radical (unpaired) electrons. The smallest absolute Gasteiger partial charge is 0.229 e. The minimum absolute atomic E-state index is 0.0293. The highest BCUT2D eigenvalue weighted by molar-refractivity contribution is 5.99. The van der Waals surface area contributed by atoms with Crippen LogP contribution in [-0.2, 0) is 14.9 Å². The van der Waals surface area contributed by atoms with E-state index < -0.39 is 0 Å². The Labute approximate surface area is 176 Å². The Kier molecular flexibility index (Phi) is 3.40. The van der Waals surface area contributed by atoms with E-state index in [2.05, 4.69) is 21.9 Å². The number of carbonyl (C=O) groups is 1. The van der Waals surface area contributed by atoms with Gasteiger partial charge >= 0.3 is 0 Å². The van der Waals surface area contributed by atoms with Gasteiger partial charge in [-0.05, 0) is 43.4 Å². The third-order valence-electron chi connectivity index (χ3n) is 9.02. The van der Waals surface area contributed by atoms with Gasteiger partial charge in [0.05, 0.1) is 45.1 Å². The van der Waals surface area contributed by atoms with E-state index in [4.69, 9.17) is 14.2 Å². The first kappa shape index (κ1) is 17.6. The zero-order valence-electron chi connectivity index (χ0n) is 17.6. The van der Waals surface area contributed by atoms with Crippen molar-refractivity contribution < 1.29 is 19.0 Å². The Bertz CT molecular complexity index is 990. The van der Waals surface area contributed by atoms with Gasteiger partial charge in [0.2, 0.25) is 5.91 Å². The summed E-state index contributed by atoms with van der Waals surface area (Å²) in [5, 5.41) is 0. The van der Waals surface area contributed by atoms with Crippen LogP contribution in [0.15, 0.2) is 23.8 Å². The van der Waals surface area contributed by atoms with Gasteiger partial charge in [0, 0.05) is 30.0 Å². The van der Waals surface area contributed by atoms with Gasteiger partial charge in [-0.3, -0.25) is 9.69 Å². The average molecular weight is 408 g/mol. The molecule has 5 aliphatic heterocycles. The second-order valence-electron chi connectivity index (χ2n) is 9.81. The summed E-state index contributed by atoms with van der Waals surface area (Å²) in [6.07, 6.45) is 6.22. The van der Waals surface area contributed by atoms with Crippen LogP contribution in [0, 0.1) is 11.8 Å². The van der Waals surface area contributed by atoms with E-state index in [1.807, 2.05) is 6.07 Å². The first-order chi connectivity index (χ1) is 14.7. The highest BCUT2D eigenvalue weighted by Crippen LogP contribution is 2.66. The molecule has 0 aromatic heterocycles. The lowest BCUT2D eigenvalue weighted by molar-refractivity contribution is -0.135. The van der Waals surface area contributed by atoms with Crippen molar-refractivity contribution in [2.24, 2.45) is 11.8 Å². The predicted molar refractivity (Wildman–Crippen MR) is 111 cm³/mol. The predicted octanol–water partition coefficient (Wildman–Crippen LogP) is 2.50. The molecule has 1 aliphatic carbocycles. The monoisotopic (exact) mass is 408 g/mol. The number of ether oxygens (including phenoxy) is 3. The molecule has 1 amide bonds. The molecule has 3 saturated heterocycles. The van der Waals surface area contributed by atoms with Crippen molar-refractivity contribution in [3.05, 3.63) is 29.3 Å². The number of nitrogens with zero attached hydrogens (tertiary/aromatic N) is 2. The van der Waals surface area contributed by atoms with Gasteiger partial charge in [-0.15, -0.1) is 0 Å². The molecular formula is C24H28N2O4. The molecule has 2 bridgehead atoms. The van der Waals surface area contributed by atoms with Crippen LogP contribution in [0.3, 0.4) is 0 Å². The molecule has 6 heteroatoms. The standard InChI is InChI=1S/C24H28N2O4/c1-28-17-9-15-16(10-18(17)29-2)26-21(27)11-19-22-14-8-20-24(15,23(22)26)5-6-25(20)12-13(14)4-3-7-30-19/h4,9-10,14,19-20,22-23H,3,5-8,11-12H2,1-2H3/b13-4-/t14?,19?,20?,22?,23?,24-/m1/s1. The maximum absolute atomic E-state index is 13.5. The van der Waals surface area contributed by atoms with Gasteiger partial charge < -0.3 is 19.1 Å². The summed E-state index contributed by atoms with van der Waals surface area (Å²) in [5.74, 6) is 2.57. The van der Waals surface area contributed by atoms with Crippen LogP contribution in [0.1, 0.15) is 31.2 Å². The lowest BCUT2D eigenvalue weighted by Crippen LogP contribution is -2.69. The highest BCUT2D eigenvalue weighted by atomic mass is 16.5. The van der Waals surface area contributed by atoms with E-state index in [-0.39, 0.29) is 23.5 Å². The third kappa shape index (κ3) is 1.87. The number of amides is 1. The summed E-state index contributed by atoms with van der Waals surface area (Å²) >= 11 is 0.